The molecule has 0 bridgehead atoms. The lowest BCUT2D eigenvalue weighted by molar-refractivity contribution is 0.288. The quantitative estimate of drug-likeness (QED) is 0.746. The van der Waals surface area contributed by atoms with Gasteiger partial charge in [-0.2, -0.15) is 10.2 Å². The van der Waals surface area contributed by atoms with Gasteiger partial charge in [-0.25, -0.2) is 13.8 Å². The van der Waals surface area contributed by atoms with Crippen LogP contribution in [0.1, 0.15) is 11.1 Å². The van der Waals surface area contributed by atoms with Crippen LogP contribution in [-0.4, -0.2) is 9.97 Å². The molecule has 2 aromatic carbocycles. The van der Waals surface area contributed by atoms with Gasteiger partial charge in [0.2, 0.25) is 5.95 Å². The van der Waals surface area contributed by atoms with Gasteiger partial charge in [0, 0.05) is 11.6 Å². The lowest BCUT2D eigenvalue weighted by Gasteiger charge is -2.09. The van der Waals surface area contributed by atoms with Crippen molar-refractivity contribution in [3.05, 3.63) is 65.2 Å². The molecule has 26 heavy (non-hydrogen) atoms. The minimum absolute atomic E-state index is 0.00369. The topological polar surface area (TPSA) is 111 Å². The highest BCUT2D eigenvalue weighted by Crippen LogP contribution is 2.26. The minimum atomic E-state index is -0.645. The zero-order valence-corrected chi connectivity index (χ0v) is 13.4. The highest BCUT2D eigenvalue weighted by molar-refractivity contribution is 5.73. The fourth-order valence-electron chi connectivity index (χ4n) is 2.32. The molecule has 0 amide bonds. The molecule has 0 aliphatic rings. The summed E-state index contributed by atoms with van der Waals surface area (Å²) in [5.41, 5.74) is 13.1. The number of nitrogens with two attached hydrogens (primary N) is 2. The Kier molecular flexibility index (Phi) is 4.62. The molecule has 0 saturated heterocycles. The van der Waals surface area contributed by atoms with Crippen LogP contribution in [0.2, 0.25) is 0 Å². The third-order valence-corrected chi connectivity index (χ3v) is 3.58. The van der Waals surface area contributed by atoms with E-state index in [0.29, 0.717) is 16.8 Å². The van der Waals surface area contributed by atoms with Crippen molar-refractivity contribution in [3.8, 4) is 23.1 Å². The van der Waals surface area contributed by atoms with E-state index >= 15 is 0 Å². The fourth-order valence-corrected chi connectivity index (χ4v) is 2.32. The second kappa shape index (κ2) is 7.03. The lowest BCUT2D eigenvalue weighted by Crippen LogP contribution is -2.05. The first-order valence-electron chi connectivity index (χ1n) is 7.48. The van der Waals surface area contributed by atoms with Crippen LogP contribution in [0.15, 0.2) is 42.5 Å². The van der Waals surface area contributed by atoms with Gasteiger partial charge in [0.05, 0.1) is 5.69 Å². The first-order chi connectivity index (χ1) is 12.5. The van der Waals surface area contributed by atoms with E-state index in [1.165, 1.54) is 0 Å². The molecule has 1 heterocycles. The van der Waals surface area contributed by atoms with Crippen LogP contribution in [0.25, 0.3) is 11.3 Å². The van der Waals surface area contributed by atoms with Crippen molar-refractivity contribution >= 4 is 11.8 Å². The maximum atomic E-state index is 13.6. The predicted octanol–water partition coefficient (Wildman–Crippen LogP) is 3.04. The van der Waals surface area contributed by atoms with Crippen molar-refractivity contribution in [2.45, 2.75) is 6.61 Å². The molecule has 0 fully saturated rings. The lowest BCUT2D eigenvalue weighted by atomic mass is 10.1. The van der Waals surface area contributed by atoms with Gasteiger partial charge in [0.15, 0.2) is 11.6 Å². The number of benzene rings is 2. The number of anilines is 2. The molecule has 130 valence electrons. The number of nitrogens with zero attached hydrogens (tertiary/aromatic N) is 3. The Hall–Kier alpha value is -3.73. The van der Waals surface area contributed by atoms with Crippen LogP contribution in [0, 0.1) is 23.0 Å². The molecule has 0 radical (unpaired) electrons. The molecule has 8 heteroatoms. The smallest absolute Gasteiger partial charge is 0.222 e. The van der Waals surface area contributed by atoms with E-state index in [9.17, 15) is 14.0 Å². The van der Waals surface area contributed by atoms with Gasteiger partial charge in [-0.3, -0.25) is 0 Å². The van der Waals surface area contributed by atoms with Gasteiger partial charge in [-0.1, -0.05) is 24.3 Å². The highest BCUT2D eigenvalue weighted by atomic mass is 19.1. The average Bonchev–Trinajstić information content (AvgIpc) is 2.62. The van der Waals surface area contributed by atoms with Gasteiger partial charge >= 0.3 is 0 Å². The molecule has 0 spiro atoms. The third-order valence-electron chi connectivity index (χ3n) is 3.58. The van der Waals surface area contributed by atoms with Crippen LogP contribution in [0.3, 0.4) is 0 Å². The number of rotatable bonds is 4. The molecule has 3 aromatic rings. The molecule has 0 aliphatic carbocycles. The first-order valence-corrected chi connectivity index (χ1v) is 7.48. The van der Waals surface area contributed by atoms with E-state index in [0.717, 1.165) is 18.2 Å². The number of aromatic nitrogens is 2. The third kappa shape index (κ3) is 3.52. The average molecular weight is 353 g/mol. The summed E-state index contributed by atoms with van der Waals surface area (Å²) in [6.45, 7) is 0.0415. The van der Waals surface area contributed by atoms with Crippen molar-refractivity contribution in [3.63, 3.8) is 0 Å². The van der Waals surface area contributed by atoms with Gasteiger partial charge in [-0.05, 0) is 17.7 Å². The monoisotopic (exact) mass is 353 g/mol. The molecule has 0 unspecified atom stereocenters. The van der Waals surface area contributed by atoms with Crippen molar-refractivity contribution < 1.29 is 13.5 Å². The Labute approximate surface area is 147 Å². The van der Waals surface area contributed by atoms with Crippen molar-refractivity contribution in [1.29, 1.82) is 5.26 Å². The molecule has 0 saturated carbocycles. The molecule has 1 aromatic heterocycles. The Bertz CT molecular complexity index is 1000. The van der Waals surface area contributed by atoms with Crippen LogP contribution < -0.4 is 16.2 Å². The molecule has 0 atom stereocenters. The summed E-state index contributed by atoms with van der Waals surface area (Å²) in [5.74, 6) is -1.43. The van der Waals surface area contributed by atoms with E-state index in [4.69, 9.17) is 16.2 Å². The molecule has 0 aliphatic heterocycles. The number of halogens is 2. The van der Waals surface area contributed by atoms with Crippen molar-refractivity contribution in [2.75, 3.05) is 11.5 Å². The molecular formula is C18H13F2N5O. The second-order valence-corrected chi connectivity index (χ2v) is 5.36. The molecule has 4 N–H and O–H groups in total. The van der Waals surface area contributed by atoms with Gasteiger partial charge < -0.3 is 16.2 Å². The zero-order valence-electron chi connectivity index (χ0n) is 13.4. The highest BCUT2D eigenvalue weighted by Gasteiger charge is 2.13. The van der Waals surface area contributed by atoms with E-state index in [2.05, 4.69) is 9.97 Å². The van der Waals surface area contributed by atoms with E-state index in [1.54, 1.807) is 24.3 Å². The van der Waals surface area contributed by atoms with Crippen LogP contribution in [-0.2, 0) is 6.61 Å². The Balaban J connectivity index is 1.81. The number of ether oxygens (including phenoxy) is 1. The summed E-state index contributed by atoms with van der Waals surface area (Å²) in [7, 11) is 0. The van der Waals surface area contributed by atoms with Gasteiger partial charge in [-0.15, -0.1) is 0 Å². The minimum Gasteiger partial charge on any atom is -0.486 e. The standard InChI is InChI=1S/C18H13F2N5O/c19-12-5-6-14(20)15(7-12)26-9-10-1-3-11(4-2-10)16-13(8-21)17(22)25-18(23)24-16/h1-7H,9H2,(H4,22,23,24,25). The number of nitriles is 1. The summed E-state index contributed by atoms with van der Waals surface area (Å²) in [6.07, 6.45) is 0. The Morgan fingerprint density at radius 1 is 1.04 bits per heavy atom. The summed E-state index contributed by atoms with van der Waals surface area (Å²) in [6, 6.07) is 11.8. The van der Waals surface area contributed by atoms with Crippen molar-refractivity contribution in [1.82, 2.24) is 9.97 Å². The normalized spacial score (nSPS) is 10.3. The van der Waals surface area contributed by atoms with Crippen LogP contribution >= 0.6 is 0 Å². The maximum absolute atomic E-state index is 13.6. The Morgan fingerprint density at radius 3 is 2.46 bits per heavy atom. The maximum Gasteiger partial charge on any atom is 0.222 e. The predicted molar refractivity (Wildman–Crippen MR) is 91.7 cm³/mol. The zero-order chi connectivity index (χ0) is 18.7. The first kappa shape index (κ1) is 17.1. The van der Waals surface area contributed by atoms with Crippen molar-refractivity contribution in [2.24, 2.45) is 0 Å². The molecule has 6 nitrogen and oxygen atoms in total. The Morgan fingerprint density at radius 2 is 1.77 bits per heavy atom. The van der Waals surface area contributed by atoms with E-state index < -0.39 is 11.6 Å². The molecule has 3 rings (SSSR count). The summed E-state index contributed by atoms with van der Waals surface area (Å²) >= 11 is 0. The number of hydrogen-bond acceptors (Lipinski definition) is 6. The SMILES string of the molecule is N#Cc1c(N)nc(N)nc1-c1ccc(COc2cc(F)ccc2F)cc1. The fraction of sp³-hybridized carbons (Fsp3) is 0.0556. The van der Waals surface area contributed by atoms with Crippen LogP contribution in [0.4, 0.5) is 20.5 Å². The van der Waals surface area contributed by atoms with Gasteiger partial charge in [0.25, 0.3) is 0 Å². The summed E-state index contributed by atoms with van der Waals surface area (Å²) < 4.78 is 32.0. The summed E-state index contributed by atoms with van der Waals surface area (Å²) in [5, 5.41) is 9.23. The number of hydrogen-bond donors (Lipinski definition) is 2. The molecular weight excluding hydrogens is 340 g/mol. The van der Waals surface area contributed by atoms with Gasteiger partial charge in [0.1, 0.15) is 29.9 Å². The van der Waals surface area contributed by atoms with E-state index in [1.807, 2.05) is 6.07 Å². The second-order valence-electron chi connectivity index (χ2n) is 5.36. The van der Waals surface area contributed by atoms with E-state index in [-0.39, 0.29) is 29.7 Å². The number of nitrogen functional groups attached to an aromatic ring is 2. The summed E-state index contributed by atoms with van der Waals surface area (Å²) in [4.78, 5) is 7.82. The van der Waals surface area contributed by atoms with Crippen LogP contribution in [0.5, 0.6) is 5.75 Å². The largest absolute Gasteiger partial charge is 0.486 e.